The number of thiophene rings is 1. The van der Waals surface area contributed by atoms with Gasteiger partial charge in [0.25, 0.3) is 0 Å². The highest BCUT2D eigenvalue weighted by Crippen LogP contribution is 2.24. The molecule has 2 rings (SSSR count). The standard InChI is InChI=1S/C13H9F2NO3S2/c14-7-1-2-10(8(15)5-7)21-6-11(17)16-9-3-4-20-12(9)13(18)19/h1-5H,6H2,(H,16,17)(H,18,19). The largest absolute Gasteiger partial charge is 0.477 e. The number of amides is 1. The highest BCUT2D eigenvalue weighted by Gasteiger charge is 2.14. The van der Waals surface area contributed by atoms with Gasteiger partial charge in [-0.15, -0.1) is 23.1 Å². The minimum Gasteiger partial charge on any atom is -0.477 e. The number of hydrogen-bond donors (Lipinski definition) is 2. The van der Waals surface area contributed by atoms with E-state index in [1.807, 2.05) is 0 Å². The molecule has 0 saturated carbocycles. The Kier molecular flexibility index (Phi) is 4.92. The summed E-state index contributed by atoms with van der Waals surface area (Å²) < 4.78 is 26.1. The van der Waals surface area contributed by atoms with Gasteiger partial charge < -0.3 is 10.4 Å². The number of rotatable bonds is 5. The maximum Gasteiger partial charge on any atom is 0.348 e. The van der Waals surface area contributed by atoms with Crippen LogP contribution in [0.25, 0.3) is 0 Å². The molecule has 0 spiro atoms. The topological polar surface area (TPSA) is 66.4 Å². The summed E-state index contributed by atoms with van der Waals surface area (Å²) in [5.41, 5.74) is 0.206. The second-order valence-corrected chi connectivity index (χ2v) is 5.81. The summed E-state index contributed by atoms with van der Waals surface area (Å²) in [6.07, 6.45) is 0. The van der Waals surface area contributed by atoms with Crippen LogP contribution >= 0.6 is 23.1 Å². The molecule has 0 radical (unpaired) electrons. The maximum absolute atomic E-state index is 13.4. The third-order valence-electron chi connectivity index (χ3n) is 2.39. The van der Waals surface area contributed by atoms with Crippen LogP contribution in [0.4, 0.5) is 14.5 Å². The Labute approximate surface area is 126 Å². The zero-order valence-corrected chi connectivity index (χ0v) is 12.1. The van der Waals surface area contributed by atoms with Crippen molar-refractivity contribution in [3.8, 4) is 0 Å². The van der Waals surface area contributed by atoms with E-state index < -0.39 is 23.5 Å². The molecule has 0 aliphatic rings. The predicted octanol–water partition coefficient (Wildman–Crippen LogP) is 3.46. The first kappa shape index (κ1) is 15.5. The van der Waals surface area contributed by atoms with Gasteiger partial charge in [-0.25, -0.2) is 13.6 Å². The van der Waals surface area contributed by atoms with Crippen LogP contribution < -0.4 is 5.32 Å². The smallest absolute Gasteiger partial charge is 0.348 e. The number of carboxylic acid groups (broad SMARTS) is 1. The van der Waals surface area contributed by atoms with Crippen LogP contribution in [-0.4, -0.2) is 22.7 Å². The molecule has 0 bridgehead atoms. The molecular formula is C13H9F2NO3S2. The van der Waals surface area contributed by atoms with E-state index in [4.69, 9.17) is 5.11 Å². The number of benzene rings is 1. The van der Waals surface area contributed by atoms with Crippen LogP contribution in [0, 0.1) is 11.6 Å². The Bertz CT molecular complexity index is 688. The van der Waals surface area contributed by atoms with Crippen molar-refractivity contribution >= 4 is 40.7 Å². The summed E-state index contributed by atoms with van der Waals surface area (Å²) in [6.45, 7) is 0. The molecule has 2 aromatic rings. The van der Waals surface area contributed by atoms with Gasteiger partial charge in [0, 0.05) is 11.0 Å². The first-order chi connectivity index (χ1) is 9.97. The molecule has 0 unspecified atom stereocenters. The molecule has 0 aliphatic heterocycles. The zero-order chi connectivity index (χ0) is 15.4. The van der Waals surface area contributed by atoms with Gasteiger partial charge in [-0.2, -0.15) is 0 Å². The fourth-order valence-electron chi connectivity index (χ4n) is 1.50. The zero-order valence-electron chi connectivity index (χ0n) is 10.4. The number of nitrogens with one attached hydrogen (secondary N) is 1. The molecule has 8 heteroatoms. The van der Waals surface area contributed by atoms with Crippen molar-refractivity contribution in [2.45, 2.75) is 4.90 Å². The molecule has 0 saturated heterocycles. The monoisotopic (exact) mass is 329 g/mol. The van der Waals surface area contributed by atoms with Gasteiger partial charge in [0.2, 0.25) is 5.91 Å². The summed E-state index contributed by atoms with van der Waals surface area (Å²) in [7, 11) is 0. The average Bonchev–Trinajstić information content (AvgIpc) is 2.86. The number of carboxylic acids is 1. The van der Waals surface area contributed by atoms with Crippen molar-refractivity contribution in [1.29, 1.82) is 0 Å². The van der Waals surface area contributed by atoms with Crippen molar-refractivity contribution in [1.82, 2.24) is 0 Å². The van der Waals surface area contributed by atoms with Crippen LogP contribution in [0.1, 0.15) is 9.67 Å². The van der Waals surface area contributed by atoms with Gasteiger partial charge in [-0.05, 0) is 23.6 Å². The molecule has 110 valence electrons. The molecule has 0 atom stereocenters. The Morgan fingerprint density at radius 3 is 2.71 bits per heavy atom. The van der Waals surface area contributed by atoms with E-state index in [0.29, 0.717) is 0 Å². The molecule has 1 amide bonds. The normalized spacial score (nSPS) is 10.4. The molecule has 1 heterocycles. The lowest BCUT2D eigenvalue weighted by Crippen LogP contribution is -2.15. The molecule has 0 aliphatic carbocycles. The second kappa shape index (κ2) is 6.68. The van der Waals surface area contributed by atoms with Crippen LogP contribution in [0.15, 0.2) is 34.5 Å². The van der Waals surface area contributed by atoms with Gasteiger partial charge in [-0.1, -0.05) is 0 Å². The molecule has 0 fully saturated rings. The van der Waals surface area contributed by atoms with E-state index in [0.717, 1.165) is 35.2 Å². The van der Waals surface area contributed by atoms with Crippen molar-refractivity contribution in [3.63, 3.8) is 0 Å². The maximum atomic E-state index is 13.4. The molecule has 1 aromatic heterocycles. The van der Waals surface area contributed by atoms with Crippen molar-refractivity contribution in [3.05, 3.63) is 46.2 Å². The number of aromatic carboxylic acids is 1. The lowest BCUT2D eigenvalue weighted by Gasteiger charge is -2.05. The number of halogens is 2. The average molecular weight is 329 g/mol. The van der Waals surface area contributed by atoms with Crippen molar-refractivity contribution < 1.29 is 23.5 Å². The Morgan fingerprint density at radius 1 is 1.29 bits per heavy atom. The fourth-order valence-corrected chi connectivity index (χ4v) is 2.90. The van der Waals surface area contributed by atoms with Crippen LogP contribution in [0.3, 0.4) is 0 Å². The van der Waals surface area contributed by atoms with Gasteiger partial charge in [0.15, 0.2) is 0 Å². The van der Waals surface area contributed by atoms with Crippen LogP contribution in [-0.2, 0) is 4.79 Å². The number of carbonyl (C=O) groups excluding carboxylic acids is 1. The summed E-state index contributed by atoms with van der Waals surface area (Å²) in [5, 5.41) is 12.9. The number of hydrogen-bond acceptors (Lipinski definition) is 4. The van der Waals surface area contributed by atoms with Crippen molar-refractivity contribution in [2.75, 3.05) is 11.1 Å². The fraction of sp³-hybridized carbons (Fsp3) is 0.0769. The SMILES string of the molecule is O=C(CSc1ccc(F)cc1F)Nc1ccsc1C(=O)O. The highest BCUT2D eigenvalue weighted by atomic mass is 32.2. The van der Waals surface area contributed by atoms with Crippen LogP contribution in [0.5, 0.6) is 0 Å². The summed E-state index contributed by atoms with van der Waals surface area (Å²) >= 11 is 1.90. The van der Waals surface area contributed by atoms with E-state index in [1.54, 1.807) is 5.38 Å². The Morgan fingerprint density at radius 2 is 2.05 bits per heavy atom. The van der Waals surface area contributed by atoms with Gasteiger partial charge >= 0.3 is 5.97 Å². The summed E-state index contributed by atoms with van der Waals surface area (Å²) in [5.74, 6) is -3.14. The third-order valence-corrected chi connectivity index (χ3v) is 4.34. The Hall–Kier alpha value is -1.93. The minimum absolute atomic E-state index is 0.0290. The quantitative estimate of drug-likeness (QED) is 0.825. The first-order valence-corrected chi connectivity index (χ1v) is 7.52. The van der Waals surface area contributed by atoms with E-state index >= 15 is 0 Å². The van der Waals surface area contributed by atoms with Gasteiger partial charge in [0.05, 0.1) is 11.4 Å². The lowest BCUT2D eigenvalue weighted by atomic mass is 10.3. The Balaban J connectivity index is 1.96. The minimum atomic E-state index is -1.13. The second-order valence-electron chi connectivity index (χ2n) is 3.88. The molecule has 1 aromatic carbocycles. The first-order valence-electron chi connectivity index (χ1n) is 5.66. The van der Waals surface area contributed by atoms with E-state index in [1.165, 1.54) is 12.1 Å². The molecule has 2 N–H and O–H groups in total. The number of carbonyl (C=O) groups is 2. The van der Waals surface area contributed by atoms with E-state index in [-0.39, 0.29) is 21.2 Å². The predicted molar refractivity (Wildman–Crippen MR) is 77.0 cm³/mol. The highest BCUT2D eigenvalue weighted by molar-refractivity contribution is 8.00. The lowest BCUT2D eigenvalue weighted by molar-refractivity contribution is -0.113. The van der Waals surface area contributed by atoms with Gasteiger partial charge in [0.1, 0.15) is 16.5 Å². The van der Waals surface area contributed by atoms with Gasteiger partial charge in [-0.3, -0.25) is 4.79 Å². The number of thioether (sulfide) groups is 1. The van der Waals surface area contributed by atoms with E-state index in [9.17, 15) is 18.4 Å². The molecule has 21 heavy (non-hydrogen) atoms. The molecular weight excluding hydrogens is 320 g/mol. The van der Waals surface area contributed by atoms with E-state index in [2.05, 4.69) is 5.32 Å². The third kappa shape index (κ3) is 4.02. The van der Waals surface area contributed by atoms with Crippen molar-refractivity contribution in [2.24, 2.45) is 0 Å². The van der Waals surface area contributed by atoms with Crippen LogP contribution in [0.2, 0.25) is 0 Å². The summed E-state index contributed by atoms with van der Waals surface area (Å²) in [6, 6.07) is 4.57. The summed E-state index contributed by atoms with van der Waals surface area (Å²) in [4.78, 5) is 22.8. The molecule has 4 nitrogen and oxygen atoms in total. The number of anilines is 1.